The topological polar surface area (TPSA) is 98.6 Å². The number of nitriles is 1. The van der Waals surface area contributed by atoms with Crippen LogP contribution in [0.2, 0.25) is 0 Å². The van der Waals surface area contributed by atoms with E-state index >= 15 is 0 Å². The molecule has 0 atom stereocenters. The highest BCUT2D eigenvalue weighted by atomic mass is 32.2. The van der Waals surface area contributed by atoms with Crippen molar-refractivity contribution in [2.24, 2.45) is 0 Å². The van der Waals surface area contributed by atoms with Gasteiger partial charge in [0, 0.05) is 11.4 Å². The summed E-state index contributed by atoms with van der Waals surface area (Å²) in [5.41, 5.74) is 3.60. The third-order valence-electron chi connectivity index (χ3n) is 3.60. The van der Waals surface area contributed by atoms with Gasteiger partial charge < -0.3 is 0 Å². The predicted octanol–water partition coefficient (Wildman–Crippen LogP) is 3.43. The first kappa shape index (κ1) is 16.2. The molecule has 0 radical (unpaired) electrons. The molecule has 6 nitrogen and oxygen atoms in total. The van der Waals surface area contributed by atoms with Crippen molar-refractivity contribution in [1.29, 1.82) is 5.26 Å². The summed E-state index contributed by atoms with van der Waals surface area (Å²) in [6.45, 7) is 3.86. The fourth-order valence-corrected chi connectivity index (χ4v) is 4.55. The minimum Gasteiger partial charge on any atom is -0.282 e. The molecule has 0 unspecified atom stereocenters. The summed E-state index contributed by atoms with van der Waals surface area (Å²) in [6, 6.07) is 11.6. The van der Waals surface area contributed by atoms with E-state index in [0.717, 1.165) is 33.2 Å². The Kier molecular flexibility index (Phi) is 4.13. The van der Waals surface area contributed by atoms with E-state index in [4.69, 9.17) is 5.26 Å². The molecule has 0 aliphatic heterocycles. The Morgan fingerprint density at radius 3 is 2.46 bits per heavy atom. The molecule has 2 N–H and O–H groups in total. The quantitative estimate of drug-likeness (QED) is 0.746. The van der Waals surface area contributed by atoms with E-state index in [2.05, 4.69) is 14.9 Å². The lowest BCUT2D eigenvalue weighted by atomic mass is 10.2. The number of nitrogens with one attached hydrogen (secondary N) is 2. The molecule has 8 heteroatoms. The average Bonchev–Trinajstić information content (AvgIpc) is 3.16. The monoisotopic (exact) mass is 358 g/mol. The van der Waals surface area contributed by atoms with Crippen molar-refractivity contribution in [1.82, 2.24) is 10.2 Å². The summed E-state index contributed by atoms with van der Waals surface area (Å²) in [4.78, 5) is 0.789. The van der Waals surface area contributed by atoms with E-state index < -0.39 is 10.0 Å². The lowest BCUT2D eigenvalue weighted by Crippen LogP contribution is -2.11. The van der Waals surface area contributed by atoms with Gasteiger partial charge in [-0.2, -0.15) is 10.4 Å². The lowest BCUT2D eigenvalue weighted by molar-refractivity contribution is 0.603. The van der Waals surface area contributed by atoms with Crippen LogP contribution >= 0.6 is 11.3 Å². The SMILES string of the molecule is Cc1[nH]nc(-c2ccc(S(=O)(=O)Nc3ccc(C#N)cc3)s2)c1C. The zero-order chi connectivity index (χ0) is 17.3. The molecule has 122 valence electrons. The second kappa shape index (κ2) is 6.11. The number of aromatic amines is 1. The lowest BCUT2D eigenvalue weighted by Gasteiger charge is -2.05. The Bertz CT molecular complexity index is 1020. The predicted molar refractivity (Wildman–Crippen MR) is 93.3 cm³/mol. The van der Waals surface area contributed by atoms with Crippen LogP contribution in [-0.4, -0.2) is 18.6 Å². The van der Waals surface area contributed by atoms with E-state index in [-0.39, 0.29) is 4.21 Å². The van der Waals surface area contributed by atoms with Crippen LogP contribution in [0, 0.1) is 25.2 Å². The number of aryl methyl sites for hydroxylation is 1. The molecular weight excluding hydrogens is 344 g/mol. The van der Waals surface area contributed by atoms with Gasteiger partial charge in [-0.05, 0) is 55.8 Å². The molecule has 0 fully saturated rings. The van der Waals surface area contributed by atoms with E-state index in [1.165, 1.54) is 0 Å². The number of aromatic nitrogens is 2. The van der Waals surface area contributed by atoms with Crippen LogP contribution in [0.3, 0.4) is 0 Å². The number of rotatable bonds is 4. The minimum absolute atomic E-state index is 0.210. The molecule has 2 heterocycles. The van der Waals surface area contributed by atoms with Crippen molar-refractivity contribution >= 4 is 27.0 Å². The first-order valence-corrected chi connectivity index (χ1v) is 9.35. The summed E-state index contributed by atoms with van der Waals surface area (Å²) >= 11 is 1.16. The van der Waals surface area contributed by atoms with Gasteiger partial charge in [-0.3, -0.25) is 9.82 Å². The van der Waals surface area contributed by atoms with E-state index in [0.29, 0.717) is 11.3 Å². The van der Waals surface area contributed by atoms with Crippen molar-refractivity contribution in [2.75, 3.05) is 4.72 Å². The number of benzene rings is 1. The van der Waals surface area contributed by atoms with Gasteiger partial charge in [0.25, 0.3) is 10.0 Å². The van der Waals surface area contributed by atoms with Gasteiger partial charge in [0.2, 0.25) is 0 Å². The fourth-order valence-electron chi connectivity index (χ4n) is 2.14. The van der Waals surface area contributed by atoms with E-state index in [1.54, 1.807) is 36.4 Å². The highest BCUT2D eigenvalue weighted by Gasteiger charge is 2.19. The Balaban J connectivity index is 1.88. The molecule has 0 saturated heterocycles. The number of anilines is 1. The van der Waals surface area contributed by atoms with Gasteiger partial charge in [0.1, 0.15) is 9.90 Å². The van der Waals surface area contributed by atoms with Gasteiger partial charge in [0.15, 0.2) is 0 Å². The van der Waals surface area contributed by atoms with Gasteiger partial charge in [-0.1, -0.05) is 0 Å². The van der Waals surface area contributed by atoms with Crippen LogP contribution in [-0.2, 0) is 10.0 Å². The van der Waals surface area contributed by atoms with Crippen LogP contribution < -0.4 is 4.72 Å². The van der Waals surface area contributed by atoms with Crippen LogP contribution in [0.1, 0.15) is 16.8 Å². The third-order valence-corrected chi connectivity index (χ3v) is 6.56. The maximum atomic E-state index is 12.5. The molecule has 0 bridgehead atoms. The first-order valence-electron chi connectivity index (χ1n) is 7.05. The van der Waals surface area contributed by atoms with Gasteiger partial charge in [0.05, 0.1) is 16.5 Å². The Morgan fingerprint density at radius 1 is 1.17 bits per heavy atom. The molecular formula is C16H14N4O2S2. The molecule has 0 aliphatic carbocycles. The molecule has 24 heavy (non-hydrogen) atoms. The standard InChI is InChI=1S/C16H14N4O2S2/c1-10-11(2)18-19-16(10)14-7-8-15(23-14)24(21,22)20-13-5-3-12(9-17)4-6-13/h3-8,20H,1-2H3,(H,18,19). The van der Waals surface area contributed by atoms with Crippen molar-refractivity contribution in [3.8, 4) is 16.6 Å². The molecule has 0 aliphatic rings. The molecule has 0 amide bonds. The van der Waals surface area contributed by atoms with E-state index in [9.17, 15) is 8.42 Å². The molecule has 1 aromatic carbocycles. The van der Waals surface area contributed by atoms with Gasteiger partial charge >= 0.3 is 0 Å². The molecule has 2 aromatic heterocycles. The first-order chi connectivity index (χ1) is 11.4. The number of nitrogens with zero attached hydrogens (tertiary/aromatic N) is 2. The van der Waals surface area contributed by atoms with E-state index in [1.807, 2.05) is 19.9 Å². The molecule has 3 rings (SSSR count). The zero-order valence-electron chi connectivity index (χ0n) is 13.0. The Labute approximate surface area is 143 Å². The second-order valence-electron chi connectivity index (χ2n) is 5.24. The molecule has 0 saturated carbocycles. The number of sulfonamides is 1. The number of hydrogen-bond donors (Lipinski definition) is 2. The van der Waals surface area contributed by atoms with Crippen LogP contribution in [0.4, 0.5) is 5.69 Å². The highest BCUT2D eigenvalue weighted by molar-refractivity contribution is 7.94. The maximum Gasteiger partial charge on any atom is 0.271 e. The number of thiophene rings is 1. The van der Waals surface area contributed by atoms with Crippen molar-refractivity contribution in [3.63, 3.8) is 0 Å². The smallest absolute Gasteiger partial charge is 0.271 e. The van der Waals surface area contributed by atoms with Crippen LogP contribution in [0.5, 0.6) is 0 Å². The number of H-pyrrole nitrogens is 1. The van der Waals surface area contributed by atoms with Crippen molar-refractivity contribution in [2.45, 2.75) is 18.1 Å². The van der Waals surface area contributed by atoms with Crippen molar-refractivity contribution < 1.29 is 8.42 Å². The van der Waals surface area contributed by atoms with Crippen molar-refractivity contribution in [3.05, 3.63) is 53.2 Å². The third kappa shape index (κ3) is 3.04. The summed E-state index contributed by atoms with van der Waals surface area (Å²) < 4.78 is 27.7. The number of hydrogen-bond acceptors (Lipinski definition) is 5. The van der Waals surface area contributed by atoms with Crippen LogP contribution in [0.25, 0.3) is 10.6 Å². The largest absolute Gasteiger partial charge is 0.282 e. The summed E-state index contributed by atoms with van der Waals surface area (Å²) in [5.74, 6) is 0. The maximum absolute atomic E-state index is 12.5. The van der Waals surface area contributed by atoms with Gasteiger partial charge in [-0.25, -0.2) is 8.42 Å². The summed E-state index contributed by atoms with van der Waals surface area (Å²) in [6.07, 6.45) is 0. The van der Waals surface area contributed by atoms with Crippen LogP contribution in [0.15, 0.2) is 40.6 Å². The Morgan fingerprint density at radius 2 is 1.88 bits per heavy atom. The summed E-state index contributed by atoms with van der Waals surface area (Å²) in [7, 11) is -3.68. The normalized spacial score (nSPS) is 11.2. The van der Waals surface area contributed by atoms with Gasteiger partial charge in [-0.15, -0.1) is 11.3 Å². The summed E-state index contributed by atoms with van der Waals surface area (Å²) in [5, 5.41) is 15.9. The second-order valence-corrected chi connectivity index (χ2v) is 8.23. The fraction of sp³-hybridized carbons (Fsp3) is 0.125. The highest BCUT2D eigenvalue weighted by Crippen LogP contribution is 2.32. The minimum atomic E-state index is -3.68. The Hall–Kier alpha value is -2.63. The molecule has 3 aromatic rings. The zero-order valence-corrected chi connectivity index (χ0v) is 14.6. The average molecular weight is 358 g/mol. The molecule has 0 spiro atoms.